The first kappa shape index (κ1) is 16.6. The molecule has 114 valence electrons. The van der Waals surface area contributed by atoms with Crippen LogP contribution in [0.4, 0.5) is 0 Å². The number of aliphatic hydroxyl groups is 1. The molecule has 2 aromatic rings. The molecule has 0 saturated heterocycles. The molecule has 0 spiro atoms. The highest BCUT2D eigenvalue weighted by Gasteiger charge is 2.25. The fourth-order valence-corrected chi connectivity index (χ4v) is 4.60. The summed E-state index contributed by atoms with van der Waals surface area (Å²) < 4.78 is 27.2. The van der Waals surface area contributed by atoms with Crippen LogP contribution >= 0.6 is 27.3 Å². The Kier molecular flexibility index (Phi) is 5.15. The summed E-state index contributed by atoms with van der Waals surface area (Å²) in [6, 6.07) is 3.24. The van der Waals surface area contributed by atoms with Crippen molar-refractivity contribution in [2.24, 2.45) is 0 Å². The number of sulfonamides is 1. The lowest BCUT2D eigenvalue weighted by molar-refractivity contribution is 0.281. The fourth-order valence-electron chi connectivity index (χ4n) is 1.88. The highest BCUT2D eigenvalue weighted by atomic mass is 79.9. The van der Waals surface area contributed by atoms with Crippen molar-refractivity contribution in [3.63, 3.8) is 0 Å². The third-order valence-electron chi connectivity index (χ3n) is 3.02. The average Bonchev–Trinajstić information content (AvgIpc) is 2.94. The fraction of sp³-hybridized carbons (Fsp3) is 0.308. The summed E-state index contributed by atoms with van der Waals surface area (Å²) in [6.07, 6.45) is 0. The maximum atomic E-state index is 12.7. The molecule has 5 nitrogen and oxygen atoms in total. The summed E-state index contributed by atoms with van der Waals surface area (Å²) in [7, 11) is -2.14. The maximum absolute atomic E-state index is 12.7. The second-order valence-electron chi connectivity index (χ2n) is 4.62. The summed E-state index contributed by atoms with van der Waals surface area (Å²) in [6.45, 7) is 1.80. The molecule has 0 aliphatic heterocycles. The number of aryl methyl sites for hydroxylation is 1. The summed E-state index contributed by atoms with van der Waals surface area (Å²) in [4.78, 5) is 4.25. The largest absolute Gasteiger partial charge is 0.392 e. The van der Waals surface area contributed by atoms with E-state index in [4.69, 9.17) is 0 Å². The number of aromatic nitrogens is 1. The quantitative estimate of drug-likeness (QED) is 0.851. The molecule has 0 fully saturated rings. The minimum atomic E-state index is -3.66. The van der Waals surface area contributed by atoms with Crippen LogP contribution in [0.1, 0.15) is 16.8 Å². The van der Waals surface area contributed by atoms with E-state index in [2.05, 4.69) is 20.9 Å². The van der Waals surface area contributed by atoms with Gasteiger partial charge in [0.05, 0.1) is 29.3 Å². The van der Waals surface area contributed by atoms with Crippen LogP contribution in [-0.2, 0) is 23.2 Å². The molecule has 2 rings (SSSR count). The predicted octanol–water partition coefficient (Wildman–Crippen LogP) is 2.53. The van der Waals surface area contributed by atoms with Crippen LogP contribution in [0, 0.1) is 6.92 Å². The highest BCUT2D eigenvalue weighted by Crippen LogP contribution is 2.29. The number of halogens is 1. The van der Waals surface area contributed by atoms with Gasteiger partial charge in [-0.05, 0) is 40.0 Å². The third kappa shape index (κ3) is 3.51. The van der Waals surface area contributed by atoms with Gasteiger partial charge in [0.2, 0.25) is 10.0 Å². The van der Waals surface area contributed by atoms with Crippen molar-refractivity contribution < 1.29 is 13.5 Å². The van der Waals surface area contributed by atoms with Crippen molar-refractivity contribution in [2.45, 2.75) is 25.0 Å². The summed E-state index contributed by atoms with van der Waals surface area (Å²) in [5.74, 6) is 0. The zero-order valence-corrected chi connectivity index (χ0v) is 14.8. The van der Waals surface area contributed by atoms with E-state index >= 15 is 0 Å². The first-order valence-corrected chi connectivity index (χ1v) is 9.27. The molecule has 21 heavy (non-hydrogen) atoms. The first-order chi connectivity index (χ1) is 9.86. The molecule has 1 aromatic carbocycles. The Bertz CT molecular complexity index is 730. The van der Waals surface area contributed by atoms with Gasteiger partial charge in [0, 0.05) is 16.9 Å². The van der Waals surface area contributed by atoms with Gasteiger partial charge >= 0.3 is 0 Å². The standard InChI is InChI=1S/C13H15BrN2O3S2/c1-9-3-10(6-17)4-12(13(9)14)21(18,19)16(2)5-11-7-20-8-15-11/h3-4,7-8,17H,5-6H2,1-2H3. The van der Waals surface area contributed by atoms with Gasteiger partial charge in [0.15, 0.2) is 0 Å². The van der Waals surface area contributed by atoms with E-state index in [0.29, 0.717) is 15.7 Å². The van der Waals surface area contributed by atoms with Crippen LogP contribution < -0.4 is 0 Å². The van der Waals surface area contributed by atoms with Crippen LogP contribution in [0.15, 0.2) is 32.4 Å². The van der Waals surface area contributed by atoms with Gasteiger partial charge in [0.1, 0.15) is 0 Å². The Labute approximate surface area is 136 Å². The normalized spacial score (nSPS) is 12.0. The molecular weight excluding hydrogens is 376 g/mol. The van der Waals surface area contributed by atoms with Crippen LogP contribution in [0.5, 0.6) is 0 Å². The van der Waals surface area contributed by atoms with Gasteiger partial charge in [0.25, 0.3) is 0 Å². The topological polar surface area (TPSA) is 70.5 Å². The molecular formula is C13H15BrN2O3S2. The number of rotatable bonds is 5. The van der Waals surface area contributed by atoms with Crippen LogP contribution in [0.25, 0.3) is 0 Å². The Morgan fingerprint density at radius 1 is 1.43 bits per heavy atom. The minimum absolute atomic E-state index is 0.157. The number of hydrogen-bond acceptors (Lipinski definition) is 5. The van der Waals surface area contributed by atoms with E-state index in [1.54, 1.807) is 18.5 Å². The molecule has 8 heteroatoms. The van der Waals surface area contributed by atoms with E-state index < -0.39 is 10.0 Å². The smallest absolute Gasteiger partial charge is 0.244 e. The summed E-state index contributed by atoms with van der Waals surface area (Å²) in [5, 5.41) is 11.1. The maximum Gasteiger partial charge on any atom is 0.244 e. The molecule has 0 aliphatic rings. The third-order valence-corrected chi connectivity index (χ3v) is 6.80. The van der Waals surface area contributed by atoms with Gasteiger partial charge in [-0.1, -0.05) is 6.07 Å². The number of nitrogens with zero attached hydrogens (tertiary/aromatic N) is 2. The average molecular weight is 391 g/mol. The van der Waals surface area contributed by atoms with Crippen molar-refractivity contribution >= 4 is 37.3 Å². The monoisotopic (exact) mass is 390 g/mol. The summed E-state index contributed by atoms with van der Waals surface area (Å²) in [5.41, 5.74) is 3.71. The lowest BCUT2D eigenvalue weighted by Gasteiger charge is -2.18. The van der Waals surface area contributed by atoms with Gasteiger partial charge < -0.3 is 5.11 Å². The van der Waals surface area contributed by atoms with Crippen molar-refractivity contribution in [3.05, 3.63) is 44.3 Å². The van der Waals surface area contributed by atoms with Gasteiger partial charge in [-0.3, -0.25) is 0 Å². The molecule has 1 heterocycles. The van der Waals surface area contributed by atoms with Crippen LogP contribution in [0.2, 0.25) is 0 Å². The Morgan fingerprint density at radius 3 is 2.71 bits per heavy atom. The van der Waals surface area contributed by atoms with Gasteiger partial charge in [-0.15, -0.1) is 11.3 Å². The van der Waals surface area contributed by atoms with E-state index in [9.17, 15) is 13.5 Å². The highest BCUT2D eigenvalue weighted by molar-refractivity contribution is 9.10. The van der Waals surface area contributed by atoms with Crippen LogP contribution in [-0.4, -0.2) is 29.9 Å². The predicted molar refractivity (Wildman–Crippen MR) is 85.6 cm³/mol. The van der Waals surface area contributed by atoms with Gasteiger partial charge in [-0.25, -0.2) is 13.4 Å². The second kappa shape index (κ2) is 6.53. The van der Waals surface area contributed by atoms with Crippen molar-refractivity contribution in [2.75, 3.05) is 7.05 Å². The molecule has 0 bridgehead atoms. The van der Waals surface area contributed by atoms with Crippen molar-refractivity contribution in [1.82, 2.24) is 9.29 Å². The SMILES string of the molecule is Cc1cc(CO)cc(S(=O)(=O)N(C)Cc2cscn2)c1Br. The molecule has 0 amide bonds. The van der Waals surface area contributed by atoms with E-state index in [0.717, 1.165) is 5.56 Å². The van der Waals surface area contributed by atoms with Crippen molar-refractivity contribution in [1.29, 1.82) is 0 Å². The summed E-state index contributed by atoms with van der Waals surface area (Å²) >= 11 is 4.75. The van der Waals surface area contributed by atoms with E-state index in [-0.39, 0.29) is 18.0 Å². The molecule has 0 saturated carbocycles. The Morgan fingerprint density at radius 2 is 2.14 bits per heavy atom. The molecule has 0 radical (unpaired) electrons. The number of benzene rings is 1. The Hall–Kier alpha value is -0.800. The number of aliphatic hydroxyl groups excluding tert-OH is 1. The molecule has 0 unspecified atom stereocenters. The minimum Gasteiger partial charge on any atom is -0.392 e. The zero-order chi connectivity index (χ0) is 15.6. The molecule has 0 atom stereocenters. The van der Waals surface area contributed by atoms with E-state index in [1.165, 1.54) is 28.8 Å². The lowest BCUT2D eigenvalue weighted by atomic mass is 10.1. The molecule has 1 aromatic heterocycles. The van der Waals surface area contributed by atoms with Crippen molar-refractivity contribution in [3.8, 4) is 0 Å². The van der Waals surface area contributed by atoms with Crippen LogP contribution in [0.3, 0.4) is 0 Å². The Balaban J connectivity index is 2.41. The molecule has 0 aliphatic carbocycles. The zero-order valence-electron chi connectivity index (χ0n) is 11.6. The number of hydrogen-bond donors (Lipinski definition) is 1. The van der Waals surface area contributed by atoms with Gasteiger partial charge in [-0.2, -0.15) is 4.31 Å². The first-order valence-electron chi connectivity index (χ1n) is 6.09. The number of thiazole rings is 1. The second-order valence-corrected chi connectivity index (χ2v) is 8.15. The lowest BCUT2D eigenvalue weighted by Crippen LogP contribution is -2.27. The molecule has 1 N–H and O–H groups in total. The van der Waals surface area contributed by atoms with E-state index in [1.807, 2.05) is 5.38 Å².